The first kappa shape index (κ1) is 12.7. The number of amides is 1. The standard InChI is InChI=1S/C16H22N2O/c19-16(14-5-2-1-3-6-14)17-11-15-7-4-10-18(15)12-13-8-9-13/h1-3,5-6,13,15H,4,7-12H2,(H,17,19). The maximum Gasteiger partial charge on any atom is 0.251 e. The SMILES string of the molecule is O=C(NCC1CCCN1CC1CC1)c1ccccc1. The van der Waals surface area contributed by atoms with Crippen LogP contribution >= 0.6 is 0 Å². The number of nitrogens with zero attached hydrogens (tertiary/aromatic N) is 1. The van der Waals surface area contributed by atoms with Crippen molar-refractivity contribution in [3.8, 4) is 0 Å². The van der Waals surface area contributed by atoms with E-state index in [9.17, 15) is 4.79 Å². The Bertz CT molecular complexity index is 428. The van der Waals surface area contributed by atoms with E-state index in [2.05, 4.69) is 10.2 Å². The van der Waals surface area contributed by atoms with Crippen LogP contribution in [0.1, 0.15) is 36.0 Å². The highest BCUT2D eigenvalue weighted by Crippen LogP contribution is 2.32. The Morgan fingerprint density at radius 3 is 2.74 bits per heavy atom. The first-order valence-electron chi connectivity index (χ1n) is 7.40. The highest BCUT2D eigenvalue weighted by Gasteiger charge is 2.30. The smallest absolute Gasteiger partial charge is 0.251 e. The third kappa shape index (κ3) is 3.35. The van der Waals surface area contributed by atoms with Crippen LogP contribution in [0, 0.1) is 5.92 Å². The van der Waals surface area contributed by atoms with Gasteiger partial charge in [0.2, 0.25) is 0 Å². The summed E-state index contributed by atoms with van der Waals surface area (Å²) in [5.74, 6) is 0.990. The van der Waals surface area contributed by atoms with E-state index >= 15 is 0 Å². The Hall–Kier alpha value is -1.35. The van der Waals surface area contributed by atoms with Gasteiger partial charge < -0.3 is 5.32 Å². The summed E-state index contributed by atoms with van der Waals surface area (Å²) in [6, 6.07) is 10.0. The number of carbonyl (C=O) groups excluding carboxylic acids is 1. The molecule has 102 valence electrons. The average molecular weight is 258 g/mol. The van der Waals surface area contributed by atoms with E-state index in [1.165, 1.54) is 38.8 Å². The van der Waals surface area contributed by atoms with E-state index in [4.69, 9.17) is 0 Å². The van der Waals surface area contributed by atoms with E-state index in [0.29, 0.717) is 6.04 Å². The number of carbonyl (C=O) groups is 1. The Labute approximate surface area is 115 Å². The molecule has 0 spiro atoms. The number of hydrogen-bond acceptors (Lipinski definition) is 2. The number of likely N-dealkylation sites (tertiary alicyclic amines) is 1. The van der Waals surface area contributed by atoms with E-state index in [1.807, 2.05) is 30.3 Å². The highest BCUT2D eigenvalue weighted by atomic mass is 16.1. The molecule has 0 aromatic heterocycles. The molecule has 1 aromatic rings. The lowest BCUT2D eigenvalue weighted by atomic mass is 10.2. The fourth-order valence-electron chi connectivity index (χ4n) is 2.90. The fraction of sp³-hybridized carbons (Fsp3) is 0.562. The minimum Gasteiger partial charge on any atom is -0.350 e. The average Bonchev–Trinajstić information content (AvgIpc) is 3.15. The van der Waals surface area contributed by atoms with Crippen molar-refractivity contribution >= 4 is 5.91 Å². The van der Waals surface area contributed by atoms with E-state index in [1.54, 1.807) is 0 Å². The third-order valence-corrected chi connectivity index (χ3v) is 4.22. The Balaban J connectivity index is 1.49. The van der Waals surface area contributed by atoms with Crippen LogP contribution < -0.4 is 5.32 Å². The van der Waals surface area contributed by atoms with Gasteiger partial charge in [0, 0.05) is 24.7 Å². The largest absolute Gasteiger partial charge is 0.350 e. The zero-order chi connectivity index (χ0) is 13.1. The molecular weight excluding hydrogens is 236 g/mol. The van der Waals surface area contributed by atoms with Gasteiger partial charge in [-0.2, -0.15) is 0 Å². The van der Waals surface area contributed by atoms with Crippen LogP contribution in [0.5, 0.6) is 0 Å². The molecule has 1 saturated carbocycles. The van der Waals surface area contributed by atoms with E-state index in [0.717, 1.165) is 18.0 Å². The zero-order valence-electron chi connectivity index (χ0n) is 11.3. The molecule has 3 rings (SSSR count). The summed E-state index contributed by atoms with van der Waals surface area (Å²) in [7, 11) is 0. The molecular formula is C16H22N2O. The van der Waals surface area contributed by atoms with Crippen molar-refractivity contribution in [3.63, 3.8) is 0 Å². The van der Waals surface area contributed by atoms with Gasteiger partial charge in [-0.05, 0) is 50.3 Å². The molecule has 1 atom stereocenters. The lowest BCUT2D eigenvalue weighted by Gasteiger charge is -2.24. The van der Waals surface area contributed by atoms with Crippen LogP contribution in [0.4, 0.5) is 0 Å². The molecule has 1 aromatic carbocycles. The number of rotatable bonds is 5. The molecule has 1 amide bonds. The van der Waals surface area contributed by atoms with Crippen LogP contribution in [0.25, 0.3) is 0 Å². The number of hydrogen-bond donors (Lipinski definition) is 1. The molecule has 19 heavy (non-hydrogen) atoms. The van der Waals surface area contributed by atoms with E-state index in [-0.39, 0.29) is 5.91 Å². The topological polar surface area (TPSA) is 32.3 Å². The lowest BCUT2D eigenvalue weighted by molar-refractivity contribution is 0.0940. The maximum absolute atomic E-state index is 12.0. The van der Waals surface area contributed by atoms with Gasteiger partial charge in [0.25, 0.3) is 5.91 Å². The monoisotopic (exact) mass is 258 g/mol. The molecule has 2 aliphatic rings. The molecule has 1 N–H and O–H groups in total. The van der Waals surface area contributed by atoms with Gasteiger partial charge in [-0.25, -0.2) is 0 Å². The van der Waals surface area contributed by atoms with Gasteiger partial charge in [-0.15, -0.1) is 0 Å². The quantitative estimate of drug-likeness (QED) is 0.879. The van der Waals surface area contributed by atoms with E-state index < -0.39 is 0 Å². The Kier molecular flexibility index (Phi) is 3.83. The predicted molar refractivity (Wildman–Crippen MR) is 76.1 cm³/mol. The number of benzene rings is 1. The van der Waals surface area contributed by atoms with Crippen molar-refractivity contribution in [3.05, 3.63) is 35.9 Å². The molecule has 1 aliphatic heterocycles. The van der Waals surface area contributed by atoms with Crippen LogP contribution in [-0.4, -0.2) is 36.5 Å². The second-order valence-electron chi connectivity index (χ2n) is 5.81. The second kappa shape index (κ2) is 5.74. The molecule has 0 bridgehead atoms. The summed E-state index contributed by atoms with van der Waals surface area (Å²) in [6.45, 7) is 3.24. The summed E-state index contributed by atoms with van der Waals surface area (Å²) in [5, 5.41) is 3.08. The first-order valence-corrected chi connectivity index (χ1v) is 7.40. The van der Waals surface area contributed by atoms with Crippen LogP contribution in [0.3, 0.4) is 0 Å². The predicted octanol–water partition coefficient (Wildman–Crippen LogP) is 2.29. The summed E-state index contributed by atoms with van der Waals surface area (Å²) < 4.78 is 0. The summed E-state index contributed by atoms with van der Waals surface area (Å²) in [5.41, 5.74) is 0.759. The van der Waals surface area contributed by atoms with Crippen molar-refractivity contribution in [1.82, 2.24) is 10.2 Å². The van der Waals surface area contributed by atoms with Crippen molar-refractivity contribution in [2.45, 2.75) is 31.7 Å². The molecule has 0 radical (unpaired) electrons. The lowest BCUT2D eigenvalue weighted by Crippen LogP contribution is -2.41. The first-order chi connectivity index (χ1) is 9.33. The van der Waals surface area contributed by atoms with Gasteiger partial charge in [0.05, 0.1) is 0 Å². The molecule has 1 aliphatic carbocycles. The van der Waals surface area contributed by atoms with Crippen molar-refractivity contribution in [1.29, 1.82) is 0 Å². The van der Waals surface area contributed by atoms with Crippen molar-refractivity contribution in [2.75, 3.05) is 19.6 Å². The minimum absolute atomic E-state index is 0.0545. The summed E-state index contributed by atoms with van der Waals surface area (Å²) >= 11 is 0. The van der Waals surface area contributed by atoms with Gasteiger partial charge in [0.1, 0.15) is 0 Å². The normalized spacial score (nSPS) is 23.5. The Morgan fingerprint density at radius 1 is 1.21 bits per heavy atom. The van der Waals surface area contributed by atoms with Gasteiger partial charge in [-0.3, -0.25) is 9.69 Å². The van der Waals surface area contributed by atoms with Gasteiger partial charge in [-0.1, -0.05) is 18.2 Å². The van der Waals surface area contributed by atoms with Gasteiger partial charge in [0.15, 0.2) is 0 Å². The maximum atomic E-state index is 12.0. The van der Waals surface area contributed by atoms with Gasteiger partial charge >= 0.3 is 0 Å². The molecule has 3 heteroatoms. The third-order valence-electron chi connectivity index (χ3n) is 4.22. The fourth-order valence-corrected chi connectivity index (χ4v) is 2.90. The van der Waals surface area contributed by atoms with Crippen LogP contribution in [-0.2, 0) is 0 Å². The number of nitrogens with one attached hydrogen (secondary N) is 1. The summed E-state index contributed by atoms with van der Waals surface area (Å²) in [6.07, 6.45) is 5.31. The molecule has 2 fully saturated rings. The van der Waals surface area contributed by atoms with Crippen LogP contribution in [0.15, 0.2) is 30.3 Å². The minimum atomic E-state index is 0.0545. The van der Waals surface area contributed by atoms with Crippen LogP contribution in [0.2, 0.25) is 0 Å². The molecule has 1 heterocycles. The van der Waals surface area contributed by atoms with Crippen molar-refractivity contribution < 1.29 is 4.79 Å². The second-order valence-corrected chi connectivity index (χ2v) is 5.81. The molecule has 1 unspecified atom stereocenters. The van der Waals surface area contributed by atoms with Crippen molar-refractivity contribution in [2.24, 2.45) is 5.92 Å². The molecule has 3 nitrogen and oxygen atoms in total. The molecule has 1 saturated heterocycles. The summed E-state index contributed by atoms with van der Waals surface area (Å²) in [4.78, 5) is 14.6. The highest BCUT2D eigenvalue weighted by molar-refractivity contribution is 5.94. The Morgan fingerprint density at radius 2 is 2.00 bits per heavy atom. The zero-order valence-corrected chi connectivity index (χ0v) is 11.3.